The largest absolute Gasteiger partial charge is 0.489 e. The average molecular weight is 358 g/mol. The van der Waals surface area contributed by atoms with Crippen molar-refractivity contribution in [2.24, 2.45) is 0 Å². The van der Waals surface area contributed by atoms with E-state index in [1.54, 1.807) is 5.57 Å². The Kier molecular flexibility index (Phi) is 8.58. The van der Waals surface area contributed by atoms with Crippen LogP contribution in [0.3, 0.4) is 0 Å². The van der Waals surface area contributed by atoms with Gasteiger partial charge in [-0.2, -0.15) is 0 Å². The Hall–Kier alpha value is -1.77. The quantitative estimate of drug-likeness (QED) is 0.485. The van der Waals surface area contributed by atoms with Gasteiger partial charge in [0, 0.05) is 6.54 Å². The average Bonchev–Trinajstić information content (AvgIpc) is 2.66. The number of benzene rings is 2. The normalized spacial score (nSPS) is 13.7. The van der Waals surface area contributed by atoms with Gasteiger partial charge in [0.05, 0.1) is 0 Å². The molecular formula is C22H28ClNO. The van der Waals surface area contributed by atoms with E-state index in [-0.39, 0.29) is 12.4 Å². The van der Waals surface area contributed by atoms with E-state index in [1.165, 1.54) is 43.2 Å². The topological polar surface area (TPSA) is 21.3 Å². The molecule has 25 heavy (non-hydrogen) atoms. The molecule has 0 saturated heterocycles. The van der Waals surface area contributed by atoms with Crippen molar-refractivity contribution in [2.45, 2.75) is 45.3 Å². The van der Waals surface area contributed by atoms with Gasteiger partial charge < -0.3 is 10.1 Å². The third-order valence-electron chi connectivity index (χ3n) is 4.48. The number of hydrogen-bond acceptors (Lipinski definition) is 2. The molecule has 0 spiro atoms. The summed E-state index contributed by atoms with van der Waals surface area (Å²) in [4.78, 5) is 0. The van der Waals surface area contributed by atoms with E-state index >= 15 is 0 Å². The highest BCUT2D eigenvalue weighted by molar-refractivity contribution is 5.85. The van der Waals surface area contributed by atoms with E-state index in [4.69, 9.17) is 4.74 Å². The Bertz CT molecular complexity index is 654. The van der Waals surface area contributed by atoms with Crippen molar-refractivity contribution in [3.8, 4) is 5.75 Å². The molecule has 1 aliphatic rings. The van der Waals surface area contributed by atoms with E-state index in [0.29, 0.717) is 6.61 Å². The van der Waals surface area contributed by atoms with Gasteiger partial charge >= 0.3 is 0 Å². The molecule has 0 aromatic heterocycles. The zero-order valence-electron chi connectivity index (χ0n) is 14.7. The van der Waals surface area contributed by atoms with Gasteiger partial charge in [0.15, 0.2) is 0 Å². The number of halogens is 1. The molecule has 0 fully saturated rings. The van der Waals surface area contributed by atoms with Crippen LogP contribution < -0.4 is 10.1 Å². The van der Waals surface area contributed by atoms with Crippen LogP contribution in [0.1, 0.15) is 43.2 Å². The highest BCUT2D eigenvalue weighted by atomic mass is 35.5. The summed E-state index contributed by atoms with van der Waals surface area (Å²) in [6, 6.07) is 18.7. The van der Waals surface area contributed by atoms with Crippen LogP contribution in [0.25, 0.3) is 0 Å². The summed E-state index contributed by atoms with van der Waals surface area (Å²) in [6.45, 7) is 2.57. The Morgan fingerprint density at radius 2 is 1.76 bits per heavy atom. The Morgan fingerprint density at radius 3 is 2.56 bits per heavy atom. The number of hydrogen-bond donors (Lipinski definition) is 1. The lowest BCUT2D eigenvalue weighted by molar-refractivity contribution is 0.306. The lowest BCUT2D eigenvalue weighted by Crippen LogP contribution is -2.15. The molecule has 0 heterocycles. The van der Waals surface area contributed by atoms with Gasteiger partial charge in [-0.1, -0.05) is 54.1 Å². The fourth-order valence-electron chi connectivity index (χ4n) is 3.10. The molecule has 3 rings (SSSR count). The summed E-state index contributed by atoms with van der Waals surface area (Å²) in [7, 11) is 0. The summed E-state index contributed by atoms with van der Waals surface area (Å²) >= 11 is 0. The standard InChI is InChI=1S/C22H27NO.ClH/c1-3-8-19(9-4-1)14-15-23-17-21-12-7-13-22(16-21)24-18-20-10-5-2-6-11-20;/h2,5-8,10-13,16,23H,1,3-4,9,14-15,17-18H2;1H. The summed E-state index contributed by atoms with van der Waals surface area (Å²) in [5, 5.41) is 3.55. The third-order valence-corrected chi connectivity index (χ3v) is 4.48. The second kappa shape index (κ2) is 11.0. The van der Waals surface area contributed by atoms with Crippen LogP contribution in [0.15, 0.2) is 66.2 Å². The van der Waals surface area contributed by atoms with Crippen molar-refractivity contribution in [3.63, 3.8) is 0 Å². The zero-order chi connectivity index (χ0) is 16.5. The molecule has 0 unspecified atom stereocenters. The van der Waals surface area contributed by atoms with Crippen molar-refractivity contribution in [3.05, 3.63) is 77.4 Å². The Labute approximate surface area is 157 Å². The molecule has 1 aliphatic carbocycles. The SMILES string of the molecule is C1=C(CCNCc2cccc(OCc3ccccc3)c2)CCCC1.Cl. The molecule has 3 heteroatoms. The van der Waals surface area contributed by atoms with Crippen molar-refractivity contribution < 1.29 is 4.74 Å². The maximum atomic E-state index is 5.90. The summed E-state index contributed by atoms with van der Waals surface area (Å²) in [6.07, 6.45) is 8.92. The lowest BCUT2D eigenvalue weighted by Gasteiger charge is -2.13. The molecule has 1 N–H and O–H groups in total. The first-order chi connectivity index (χ1) is 11.9. The van der Waals surface area contributed by atoms with Crippen LogP contribution in [0.4, 0.5) is 0 Å². The molecule has 2 aromatic carbocycles. The number of allylic oxidation sites excluding steroid dienone is 1. The third kappa shape index (κ3) is 6.93. The fourth-order valence-corrected chi connectivity index (χ4v) is 3.10. The Balaban J connectivity index is 0.00000225. The molecule has 134 valence electrons. The molecule has 0 bridgehead atoms. The predicted octanol–water partition coefficient (Wildman–Crippen LogP) is 5.67. The minimum absolute atomic E-state index is 0. The van der Waals surface area contributed by atoms with Crippen molar-refractivity contribution in [1.29, 1.82) is 0 Å². The van der Waals surface area contributed by atoms with Crippen molar-refractivity contribution in [2.75, 3.05) is 6.54 Å². The van der Waals surface area contributed by atoms with Crippen LogP contribution >= 0.6 is 12.4 Å². The van der Waals surface area contributed by atoms with Gasteiger partial charge in [-0.05, 0) is 61.9 Å². The van der Waals surface area contributed by atoms with Gasteiger partial charge in [0.2, 0.25) is 0 Å². The maximum absolute atomic E-state index is 5.90. The summed E-state index contributed by atoms with van der Waals surface area (Å²) in [5.41, 5.74) is 4.11. The van der Waals surface area contributed by atoms with Gasteiger partial charge in [0.25, 0.3) is 0 Å². The first-order valence-corrected chi connectivity index (χ1v) is 9.04. The van der Waals surface area contributed by atoms with Crippen LogP contribution in [-0.2, 0) is 13.2 Å². The molecular weight excluding hydrogens is 330 g/mol. The molecule has 0 saturated carbocycles. The first-order valence-electron chi connectivity index (χ1n) is 9.04. The Morgan fingerprint density at radius 1 is 0.920 bits per heavy atom. The van der Waals surface area contributed by atoms with E-state index in [1.807, 2.05) is 24.3 Å². The van der Waals surface area contributed by atoms with Crippen LogP contribution in [0, 0.1) is 0 Å². The van der Waals surface area contributed by atoms with Crippen LogP contribution in [-0.4, -0.2) is 6.54 Å². The summed E-state index contributed by atoms with van der Waals surface area (Å²) in [5.74, 6) is 0.938. The summed E-state index contributed by atoms with van der Waals surface area (Å²) < 4.78 is 5.90. The van der Waals surface area contributed by atoms with Gasteiger partial charge in [0.1, 0.15) is 12.4 Å². The van der Waals surface area contributed by atoms with Crippen molar-refractivity contribution >= 4 is 12.4 Å². The lowest BCUT2D eigenvalue weighted by atomic mass is 9.97. The highest BCUT2D eigenvalue weighted by Gasteiger charge is 2.03. The van der Waals surface area contributed by atoms with E-state index in [9.17, 15) is 0 Å². The molecule has 0 atom stereocenters. The molecule has 0 aliphatic heterocycles. The van der Waals surface area contributed by atoms with Crippen molar-refractivity contribution in [1.82, 2.24) is 5.32 Å². The number of ether oxygens (including phenoxy) is 1. The van der Waals surface area contributed by atoms with E-state index < -0.39 is 0 Å². The van der Waals surface area contributed by atoms with Gasteiger partial charge in [-0.3, -0.25) is 0 Å². The minimum atomic E-state index is 0. The molecule has 2 aromatic rings. The second-order valence-electron chi connectivity index (χ2n) is 6.46. The maximum Gasteiger partial charge on any atom is 0.120 e. The second-order valence-corrected chi connectivity index (χ2v) is 6.46. The molecule has 0 amide bonds. The molecule has 2 nitrogen and oxygen atoms in total. The highest BCUT2D eigenvalue weighted by Crippen LogP contribution is 2.19. The fraction of sp³-hybridized carbons (Fsp3) is 0.364. The van der Waals surface area contributed by atoms with Gasteiger partial charge in [-0.25, -0.2) is 0 Å². The van der Waals surface area contributed by atoms with Crippen LogP contribution in [0.2, 0.25) is 0 Å². The number of rotatable bonds is 8. The zero-order valence-corrected chi connectivity index (χ0v) is 15.6. The smallest absolute Gasteiger partial charge is 0.120 e. The monoisotopic (exact) mass is 357 g/mol. The molecule has 0 radical (unpaired) electrons. The number of nitrogens with one attached hydrogen (secondary N) is 1. The minimum Gasteiger partial charge on any atom is -0.489 e. The van der Waals surface area contributed by atoms with Crippen LogP contribution in [0.5, 0.6) is 5.75 Å². The van der Waals surface area contributed by atoms with Gasteiger partial charge in [-0.15, -0.1) is 12.4 Å². The van der Waals surface area contributed by atoms with E-state index in [0.717, 1.165) is 18.8 Å². The van der Waals surface area contributed by atoms with E-state index in [2.05, 4.69) is 41.7 Å². The predicted molar refractivity (Wildman–Crippen MR) is 107 cm³/mol. The first kappa shape index (κ1) is 19.6.